The summed E-state index contributed by atoms with van der Waals surface area (Å²) in [5.74, 6) is -1.17. The monoisotopic (exact) mass is 279 g/mol. The van der Waals surface area contributed by atoms with Crippen LogP contribution in [0.2, 0.25) is 0 Å². The lowest BCUT2D eigenvalue weighted by molar-refractivity contribution is -0.131. The first-order valence-electron chi connectivity index (χ1n) is 5.16. The van der Waals surface area contributed by atoms with Crippen molar-refractivity contribution < 1.29 is 19.1 Å². The molecule has 0 radical (unpaired) electrons. The van der Waals surface area contributed by atoms with Crippen molar-refractivity contribution in [1.82, 2.24) is 10.2 Å². The fourth-order valence-electron chi connectivity index (χ4n) is 1.30. The first-order valence-corrected chi connectivity index (χ1v) is 6.04. The predicted molar refractivity (Wildman–Crippen MR) is 68.0 cm³/mol. The summed E-state index contributed by atoms with van der Waals surface area (Å²) in [6.07, 6.45) is 2.32. The van der Waals surface area contributed by atoms with Gasteiger partial charge in [-0.3, -0.25) is 10.1 Å². The number of aliphatic carboxylic acids is 1. The molecule has 2 rings (SSSR count). The molecule has 0 fully saturated rings. The molecular formula is C11H9N3O4S. The number of thiophene rings is 1. The molecule has 0 saturated carbocycles. The number of aromatic nitrogens is 2. The number of carboxylic acids is 1. The number of rotatable bonds is 4. The Morgan fingerprint density at radius 1 is 1.47 bits per heavy atom. The molecule has 2 aromatic heterocycles. The maximum atomic E-state index is 11.9. The average molecular weight is 279 g/mol. The lowest BCUT2D eigenvalue weighted by Crippen LogP contribution is -2.11. The molecule has 2 aromatic rings. The van der Waals surface area contributed by atoms with Crippen molar-refractivity contribution in [2.24, 2.45) is 0 Å². The minimum Gasteiger partial charge on any atom is -0.478 e. The molecule has 0 bridgehead atoms. The Labute approximate surface area is 111 Å². The summed E-state index contributed by atoms with van der Waals surface area (Å²) in [7, 11) is 0. The molecule has 0 aliphatic rings. The van der Waals surface area contributed by atoms with Crippen LogP contribution in [-0.4, -0.2) is 27.2 Å². The molecule has 19 heavy (non-hydrogen) atoms. The molecule has 0 atom stereocenters. The molecule has 0 unspecified atom stereocenters. The highest BCUT2D eigenvalue weighted by atomic mass is 32.1. The minimum atomic E-state index is -1.08. The molecule has 2 heterocycles. The summed E-state index contributed by atoms with van der Waals surface area (Å²) in [6.45, 7) is 1.61. The maximum absolute atomic E-state index is 11.9. The van der Waals surface area contributed by atoms with Crippen LogP contribution in [0.4, 0.5) is 6.01 Å². The minimum absolute atomic E-state index is 0.00376. The highest BCUT2D eigenvalue weighted by Gasteiger charge is 2.14. The van der Waals surface area contributed by atoms with Gasteiger partial charge >= 0.3 is 12.0 Å². The topological polar surface area (TPSA) is 105 Å². The van der Waals surface area contributed by atoms with Crippen molar-refractivity contribution in [3.05, 3.63) is 33.9 Å². The fourth-order valence-corrected chi connectivity index (χ4v) is 2.08. The van der Waals surface area contributed by atoms with Crippen molar-refractivity contribution in [3.63, 3.8) is 0 Å². The van der Waals surface area contributed by atoms with Crippen LogP contribution < -0.4 is 5.32 Å². The summed E-state index contributed by atoms with van der Waals surface area (Å²) >= 11 is 1.19. The summed E-state index contributed by atoms with van der Waals surface area (Å²) in [6, 6.07) is 1.65. The van der Waals surface area contributed by atoms with E-state index in [9.17, 15) is 9.59 Å². The van der Waals surface area contributed by atoms with Gasteiger partial charge in [-0.25, -0.2) is 4.79 Å². The van der Waals surface area contributed by atoms with E-state index in [0.717, 1.165) is 6.08 Å². The van der Waals surface area contributed by atoms with Crippen LogP contribution >= 0.6 is 11.3 Å². The third-order valence-electron chi connectivity index (χ3n) is 2.05. The Kier molecular flexibility index (Phi) is 3.71. The molecule has 0 saturated heterocycles. The van der Waals surface area contributed by atoms with Gasteiger partial charge in [-0.15, -0.1) is 16.4 Å². The molecule has 7 nitrogen and oxygen atoms in total. The lowest BCUT2D eigenvalue weighted by atomic mass is 10.2. The third-order valence-corrected chi connectivity index (χ3v) is 2.98. The van der Waals surface area contributed by atoms with E-state index in [1.54, 1.807) is 18.4 Å². The van der Waals surface area contributed by atoms with E-state index >= 15 is 0 Å². The van der Waals surface area contributed by atoms with Crippen LogP contribution in [0.5, 0.6) is 0 Å². The Morgan fingerprint density at radius 3 is 2.89 bits per heavy atom. The number of nitrogens with zero attached hydrogens (tertiary/aromatic N) is 2. The van der Waals surface area contributed by atoms with Gasteiger partial charge in [-0.2, -0.15) is 0 Å². The van der Waals surface area contributed by atoms with Crippen LogP contribution in [0, 0.1) is 6.92 Å². The molecule has 98 valence electrons. The largest absolute Gasteiger partial charge is 0.478 e. The van der Waals surface area contributed by atoms with Crippen molar-refractivity contribution >= 4 is 35.3 Å². The second-order valence-corrected chi connectivity index (χ2v) is 4.37. The molecular weight excluding hydrogens is 270 g/mol. The zero-order chi connectivity index (χ0) is 13.8. The van der Waals surface area contributed by atoms with Crippen LogP contribution in [0.3, 0.4) is 0 Å². The summed E-state index contributed by atoms with van der Waals surface area (Å²) in [4.78, 5) is 22.8. The van der Waals surface area contributed by atoms with Crippen LogP contribution in [-0.2, 0) is 4.79 Å². The zero-order valence-electron chi connectivity index (χ0n) is 9.78. The third kappa shape index (κ3) is 3.26. The number of amides is 1. The summed E-state index contributed by atoms with van der Waals surface area (Å²) in [5, 5.41) is 19.9. The SMILES string of the molecule is Cc1nnc(NC(=O)c2sccc2/C=C/C(=O)O)o1. The van der Waals surface area contributed by atoms with Crippen molar-refractivity contribution in [1.29, 1.82) is 0 Å². The molecule has 0 aliphatic heterocycles. The summed E-state index contributed by atoms with van der Waals surface area (Å²) < 4.78 is 5.03. The van der Waals surface area contributed by atoms with Gasteiger partial charge in [-0.05, 0) is 23.1 Å². The standard InChI is InChI=1S/C11H9N3O4S/c1-6-13-14-11(18-6)12-10(17)9-7(4-5-19-9)2-3-8(15)16/h2-5H,1H3,(H,15,16)(H,12,14,17)/b3-2+. The number of hydrogen-bond donors (Lipinski definition) is 2. The highest BCUT2D eigenvalue weighted by molar-refractivity contribution is 7.12. The highest BCUT2D eigenvalue weighted by Crippen LogP contribution is 2.19. The van der Waals surface area contributed by atoms with Gasteiger partial charge in [0.05, 0.1) is 4.88 Å². The first-order chi connectivity index (χ1) is 9.06. The average Bonchev–Trinajstić information content (AvgIpc) is 2.95. The second kappa shape index (κ2) is 5.44. The van der Waals surface area contributed by atoms with E-state index in [0.29, 0.717) is 16.3 Å². The van der Waals surface area contributed by atoms with E-state index in [4.69, 9.17) is 9.52 Å². The maximum Gasteiger partial charge on any atom is 0.328 e. The van der Waals surface area contributed by atoms with Crippen molar-refractivity contribution in [2.75, 3.05) is 5.32 Å². The van der Waals surface area contributed by atoms with Crippen LogP contribution in [0.25, 0.3) is 6.08 Å². The van der Waals surface area contributed by atoms with Gasteiger partial charge in [0.2, 0.25) is 5.89 Å². The first kappa shape index (κ1) is 13.0. The number of carbonyl (C=O) groups excluding carboxylic acids is 1. The number of aryl methyl sites for hydroxylation is 1. The van der Waals surface area contributed by atoms with E-state index in [1.807, 2.05) is 0 Å². The molecule has 8 heteroatoms. The molecule has 2 N–H and O–H groups in total. The predicted octanol–water partition coefficient (Wildman–Crippen LogP) is 1.79. The Balaban J connectivity index is 2.15. The van der Waals surface area contributed by atoms with Crippen LogP contribution in [0.1, 0.15) is 21.1 Å². The van der Waals surface area contributed by atoms with Gasteiger partial charge in [0.15, 0.2) is 0 Å². The number of nitrogens with one attached hydrogen (secondary N) is 1. The lowest BCUT2D eigenvalue weighted by Gasteiger charge is -1.98. The Hall–Kier alpha value is -2.48. The second-order valence-electron chi connectivity index (χ2n) is 3.46. The number of hydrogen-bond acceptors (Lipinski definition) is 6. The van der Waals surface area contributed by atoms with Crippen LogP contribution in [0.15, 0.2) is 21.9 Å². The van der Waals surface area contributed by atoms with E-state index in [1.165, 1.54) is 17.4 Å². The molecule has 0 spiro atoms. The summed E-state index contributed by atoms with van der Waals surface area (Å²) in [5.41, 5.74) is 0.515. The molecule has 0 aromatic carbocycles. The smallest absolute Gasteiger partial charge is 0.328 e. The normalized spacial score (nSPS) is 10.8. The van der Waals surface area contributed by atoms with E-state index < -0.39 is 11.9 Å². The number of anilines is 1. The Bertz CT molecular complexity index is 644. The zero-order valence-corrected chi connectivity index (χ0v) is 10.6. The number of carboxylic acid groups (broad SMARTS) is 1. The van der Waals surface area contributed by atoms with Gasteiger partial charge in [0, 0.05) is 13.0 Å². The van der Waals surface area contributed by atoms with Gasteiger partial charge in [-0.1, -0.05) is 5.10 Å². The Morgan fingerprint density at radius 2 is 2.26 bits per heavy atom. The van der Waals surface area contributed by atoms with Gasteiger partial charge in [0.25, 0.3) is 5.91 Å². The van der Waals surface area contributed by atoms with E-state index in [-0.39, 0.29) is 6.01 Å². The van der Waals surface area contributed by atoms with Gasteiger partial charge < -0.3 is 9.52 Å². The van der Waals surface area contributed by atoms with Gasteiger partial charge in [0.1, 0.15) is 0 Å². The van der Waals surface area contributed by atoms with Crippen molar-refractivity contribution in [3.8, 4) is 0 Å². The van der Waals surface area contributed by atoms with E-state index in [2.05, 4.69) is 15.5 Å². The molecule has 1 amide bonds. The fraction of sp³-hybridized carbons (Fsp3) is 0.0909. The van der Waals surface area contributed by atoms with Crippen molar-refractivity contribution in [2.45, 2.75) is 6.92 Å². The quantitative estimate of drug-likeness (QED) is 0.826. The number of carbonyl (C=O) groups is 2. The molecule has 0 aliphatic carbocycles.